The van der Waals surface area contributed by atoms with Crippen LogP contribution in [0.25, 0.3) is 0 Å². The lowest BCUT2D eigenvalue weighted by Gasteiger charge is -2.07. The van der Waals surface area contributed by atoms with Gasteiger partial charge in [0.15, 0.2) is 0 Å². The summed E-state index contributed by atoms with van der Waals surface area (Å²) in [4.78, 5) is 0. The van der Waals surface area contributed by atoms with Crippen molar-refractivity contribution in [2.75, 3.05) is 0 Å². The summed E-state index contributed by atoms with van der Waals surface area (Å²) in [6.45, 7) is 9.41. The molecule has 48 heavy (non-hydrogen) atoms. The second-order valence-electron chi connectivity index (χ2n) is 15.9. The van der Waals surface area contributed by atoms with Gasteiger partial charge in [-0.05, 0) is 32.1 Å². The molecule has 1 aromatic rings. The van der Waals surface area contributed by atoms with Gasteiger partial charge in [0.2, 0.25) is 0 Å². The third kappa shape index (κ3) is 29.0. The fourth-order valence-corrected chi connectivity index (χ4v) is 7.74. The zero-order chi connectivity index (χ0) is 34.4. The predicted molar refractivity (Wildman–Crippen MR) is 216 cm³/mol. The van der Waals surface area contributed by atoms with Crippen molar-refractivity contribution in [1.82, 2.24) is 4.57 Å². The molecule has 0 saturated heterocycles. The van der Waals surface area contributed by atoms with Gasteiger partial charge >= 0.3 is 0 Å². The summed E-state index contributed by atoms with van der Waals surface area (Å²) < 4.78 is 5.30. The number of hydrogen-bond acceptors (Lipinski definition) is 0. The topological polar surface area (TPSA) is 8.81 Å². The summed E-state index contributed by atoms with van der Waals surface area (Å²) in [5.41, 5.74) is 0. The molecular formula is C46H91N2+. The molecule has 0 fully saturated rings. The van der Waals surface area contributed by atoms with E-state index in [9.17, 15) is 0 Å². The average molecular weight is 672 g/mol. The first-order valence-electron chi connectivity index (χ1n) is 22.9. The molecule has 0 bridgehead atoms. The number of unbranched alkanes of at least 4 members (excludes halogenated alkanes) is 34. The molecule has 0 atom stereocenters. The summed E-state index contributed by atoms with van der Waals surface area (Å²) >= 11 is 0. The average Bonchev–Trinajstić information content (AvgIpc) is 3.48. The van der Waals surface area contributed by atoms with Gasteiger partial charge in [0, 0.05) is 6.42 Å². The van der Waals surface area contributed by atoms with E-state index in [1.54, 1.807) is 5.82 Å². The maximum absolute atomic E-state index is 2.65. The molecule has 284 valence electrons. The lowest BCUT2D eigenvalue weighted by Crippen LogP contribution is -2.37. The van der Waals surface area contributed by atoms with Crippen molar-refractivity contribution < 1.29 is 4.57 Å². The predicted octanol–water partition coefficient (Wildman–Crippen LogP) is 15.8. The highest BCUT2D eigenvalue weighted by molar-refractivity contribution is 4.84. The molecule has 0 saturated carbocycles. The van der Waals surface area contributed by atoms with Crippen LogP contribution in [0.1, 0.15) is 264 Å². The van der Waals surface area contributed by atoms with Crippen molar-refractivity contribution in [2.24, 2.45) is 0 Å². The molecule has 2 nitrogen and oxygen atoms in total. The molecule has 2 heteroatoms. The van der Waals surface area contributed by atoms with E-state index in [0.29, 0.717) is 0 Å². The minimum atomic E-state index is 1.23. The van der Waals surface area contributed by atoms with Crippen molar-refractivity contribution in [3.63, 3.8) is 0 Å². The molecular weight excluding hydrogens is 581 g/mol. The van der Waals surface area contributed by atoms with Crippen LogP contribution >= 0.6 is 0 Å². The Kier molecular flexibility index (Phi) is 35.3. The van der Waals surface area contributed by atoms with E-state index < -0.39 is 0 Å². The van der Waals surface area contributed by atoms with Crippen molar-refractivity contribution in [3.05, 3.63) is 18.2 Å². The number of aromatic nitrogens is 2. The zero-order valence-electron chi connectivity index (χ0n) is 33.8. The molecule has 1 rings (SSSR count). The van der Waals surface area contributed by atoms with Crippen LogP contribution in [0.4, 0.5) is 0 Å². The Morgan fingerprint density at radius 3 is 1.00 bits per heavy atom. The highest BCUT2D eigenvalue weighted by Gasteiger charge is 2.16. The fraction of sp³-hybridized carbons (Fsp3) is 0.935. The van der Waals surface area contributed by atoms with E-state index in [1.807, 2.05) is 0 Å². The van der Waals surface area contributed by atoms with E-state index in [2.05, 4.69) is 42.3 Å². The van der Waals surface area contributed by atoms with Crippen molar-refractivity contribution in [3.8, 4) is 0 Å². The Hall–Kier alpha value is -0.790. The first-order chi connectivity index (χ1) is 23.8. The molecule has 0 radical (unpaired) electrons. The number of imidazole rings is 1. The molecule has 0 amide bonds. The molecule has 1 heterocycles. The van der Waals surface area contributed by atoms with Gasteiger partial charge in [0.1, 0.15) is 12.4 Å². The van der Waals surface area contributed by atoms with Crippen LogP contribution < -0.4 is 4.57 Å². The van der Waals surface area contributed by atoms with E-state index in [-0.39, 0.29) is 0 Å². The zero-order valence-corrected chi connectivity index (χ0v) is 33.8. The minimum absolute atomic E-state index is 1.23. The standard InChI is InChI=1S/C46H91N2/c1-4-7-10-13-16-19-22-24-25-26-28-31-34-37-40-43-48-45-44-47(42-39-36-33-30-21-18-15-12-9-6-3)46(48)41-38-35-32-29-27-23-20-17-14-11-8-5-2/h44-45H,4-43H2,1-3H3/q+1. The Balaban J connectivity index is 2.26. The van der Waals surface area contributed by atoms with E-state index in [1.165, 1.54) is 257 Å². The molecule has 1 aromatic heterocycles. The Morgan fingerprint density at radius 1 is 0.354 bits per heavy atom. The molecule has 0 N–H and O–H groups in total. The van der Waals surface area contributed by atoms with Crippen LogP contribution in [0.2, 0.25) is 0 Å². The van der Waals surface area contributed by atoms with Gasteiger partial charge in [0.25, 0.3) is 5.82 Å². The largest absolute Gasteiger partial charge is 0.256 e. The third-order valence-corrected chi connectivity index (χ3v) is 11.1. The van der Waals surface area contributed by atoms with E-state index >= 15 is 0 Å². The SMILES string of the molecule is CCCCCCCCCCCCCCCCC[n+]1ccn(CCCCCCCCCCCC)c1CCCCCCCCCCCCCC. The van der Waals surface area contributed by atoms with Crippen LogP contribution in [0.5, 0.6) is 0 Å². The number of rotatable bonds is 40. The maximum Gasteiger partial charge on any atom is 0.256 e. The molecule has 0 spiro atoms. The summed E-state index contributed by atoms with van der Waals surface area (Å²) in [6, 6.07) is 0. The van der Waals surface area contributed by atoms with Gasteiger partial charge in [-0.3, -0.25) is 0 Å². The minimum Gasteiger partial charge on any atom is -0.234 e. The lowest BCUT2D eigenvalue weighted by molar-refractivity contribution is -0.704. The van der Waals surface area contributed by atoms with Crippen LogP contribution in [-0.2, 0) is 19.5 Å². The van der Waals surface area contributed by atoms with Crippen LogP contribution in [0.3, 0.4) is 0 Å². The summed E-state index contributed by atoms with van der Waals surface area (Å²) in [7, 11) is 0. The second kappa shape index (κ2) is 37.5. The van der Waals surface area contributed by atoms with Crippen LogP contribution in [-0.4, -0.2) is 4.57 Å². The fourth-order valence-electron chi connectivity index (χ4n) is 7.74. The van der Waals surface area contributed by atoms with Gasteiger partial charge in [-0.2, -0.15) is 0 Å². The Morgan fingerprint density at radius 2 is 0.646 bits per heavy atom. The quantitative estimate of drug-likeness (QED) is 0.0485. The van der Waals surface area contributed by atoms with Gasteiger partial charge in [-0.25, -0.2) is 9.13 Å². The van der Waals surface area contributed by atoms with Gasteiger partial charge in [-0.1, -0.05) is 226 Å². The third-order valence-electron chi connectivity index (χ3n) is 11.1. The molecule has 0 aliphatic heterocycles. The highest BCUT2D eigenvalue weighted by Crippen LogP contribution is 2.16. The normalized spacial score (nSPS) is 11.6. The van der Waals surface area contributed by atoms with Gasteiger partial charge in [-0.15, -0.1) is 0 Å². The van der Waals surface area contributed by atoms with Crippen molar-refractivity contribution in [1.29, 1.82) is 0 Å². The summed E-state index contributed by atoms with van der Waals surface area (Å²) in [5, 5.41) is 0. The lowest BCUT2D eigenvalue weighted by atomic mass is 10.0. The van der Waals surface area contributed by atoms with Crippen LogP contribution in [0, 0.1) is 0 Å². The summed E-state index contributed by atoms with van der Waals surface area (Å²) in [5.74, 6) is 1.63. The maximum atomic E-state index is 2.65. The van der Waals surface area contributed by atoms with Crippen molar-refractivity contribution in [2.45, 2.75) is 278 Å². The monoisotopic (exact) mass is 672 g/mol. The van der Waals surface area contributed by atoms with E-state index in [4.69, 9.17) is 0 Å². The Bertz CT molecular complexity index is 736. The highest BCUT2D eigenvalue weighted by atomic mass is 15.1. The number of nitrogens with zero attached hydrogens (tertiary/aromatic N) is 2. The van der Waals surface area contributed by atoms with E-state index in [0.717, 1.165) is 0 Å². The summed E-state index contributed by atoms with van der Waals surface area (Å²) in [6.07, 6.45) is 59.3. The first-order valence-corrected chi connectivity index (χ1v) is 22.9. The smallest absolute Gasteiger partial charge is 0.234 e. The van der Waals surface area contributed by atoms with Crippen LogP contribution in [0.15, 0.2) is 12.4 Å². The second-order valence-corrected chi connectivity index (χ2v) is 15.9. The Labute approximate surface area is 304 Å². The molecule has 0 aromatic carbocycles. The number of hydrogen-bond donors (Lipinski definition) is 0. The first kappa shape index (κ1) is 45.2. The van der Waals surface area contributed by atoms with Gasteiger partial charge < -0.3 is 0 Å². The molecule has 0 unspecified atom stereocenters. The number of aryl methyl sites for hydroxylation is 2. The molecule has 0 aliphatic rings. The molecule has 0 aliphatic carbocycles. The van der Waals surface area contributed by atoms with Gasteiger partial charge in [0.05, 0.1) is 13.1 Å². The van der Waals surface area contributed by atoms with Crippen molar-refractivity contribution >= 4 is 0 Å².